The Morgan fingerprint density at radius 2 is 1.22 bits per heavy atom. The molecule has 32 heavy (non-hydrogen) atoms. The number of rotatable bonds is 3. The molecular formula is C20H20ClN3O6S2. The van der Waals surface area contributed by atoms with Gasteiger partial charge in [0.05, 0.1) is 22.6 Å². The van der Waals surface area contributed by atoms with Crippen LogP contribution in [-0.4, -0.2) is 46.0 Å². The number of halogens is 1. The number of carbonyl (C=O) groups is 2. The number of amides is 2. The second kappa shape index (κ2) is 8.47. The van der Waals surface area contributed by atoms with Gasteiger partial charge in [0.15, 0.2) is 0 Å². The zero-order valence-corrected chi connectivity index (χ0v) is 19.2. The van der Waals surface area contributed by atoms with Gasteiger partial charge in [0.1, 0.15) is 0 Å². The summed E-state index contributed by atoms with van der Waals surface area (Å²) in [5.41, 5.74) is 2.80. The lowest BCUT2D eigenvalue weighted by Gasteiger charge is -2.15. The van der Waals surface area contributed by atoms with Crippen LogP contribution in [0.4, 0.5) is 11.4 Å². The molecule has 3 heterocycles. The van der Waals surface area contributed by atoms with E-state index in [1.807, 2.05) is 0 Å². The van der Waals surface area contributed by atoms with Crippen LogP contribution in [0.25, 0.3) is 0 Å². The maximum absolute atomic E-state index is 12.3. The topological polar surface area (TPSA) is 130 Å². The van der Waals surface area contributed by atoms with Gasteiger partial charge in [0.2, 0.25) is 21.8 Å². The smallest absolute Gasteiger partial charge is 0.261 e. The third kappa shape index (κ3) is 4.65. The van der Waals surface area contributed by atoms with Crippen molar-refractivity contribution in [2.45, 2.75) is 35.5 Å². The first-order valence-electron chi connectivity index (χ1n) is 9.84. The molecule has 0 aliphatic carbocycles. The maximum Gasteiger partial charge on any atom is 0.261 e. The van der Waals surface area contributed by atoms with Crippen molar-refractivity contribution < 1.29 is 26.4 Å². The molecule has 2 N–H and O–H groups in total. The molecule has 2 aromatic rings. The van der Waals surface area contributed by atoms with Gasteiger partial charge in [-0.1, -0.05) is 0 Å². The summed E-state index contributed by atoms with van der Waals surface area (Å²) in [6.45, 7) is 1.19. The van der Waals surface area contributed by atoms with Crippen molar-refractivity contribution in [3.05, 3.63) is 47.5 Å². The summed E-state index contributed by atoms with van der Waals surface area (Å²) in [7, 11) is -1.93. The van der Waals surface area contributed by atoms with Crippen molar-refractivity contribution in [2.24, 2.45) is 0 Å². The molecule has 12 heteroatoms. The molecule has 170 valence electrons. The number of nitrogens with one attached hydrogen (secondary N) is 2. The first-order chi connectivity index (χ1) is 15.0. The summed E-state index contributed by atoms with van der Waals surface area (Å²) >= 11 is 0. The average molecular weight is 498 g/mol. The van der Waals surface area contributed by atoms with Crippen LogP contribution in [0, 0.1) is 0 Å². The van der Waals surface area contributed by atoms with Crippen LogP contribution < -0.4 is 10.6 Å². The van der Waals surface area contributed by atoms with Gasteiger partial charge in [-0.3, -0.25) is 9.59 Å². The predicted octanol–water partition coefficient (Wildman–Crippen LogP) is 2.07. The van der Waals surface area contributed by atoms with E-state index in [1.165, 1.54) is 22.5 Å². The van der Waals surface area contributed by atoms with E-state index in [2.05, 4.69) is 10.6 Å². The van der Waals surface area contributed by atoms with Crippen molar-refractivity contribution in [1.82, 2.24) is 4.31 Å². The fourth-order valence-corrected chi connectivity index (χ4v) is 6.17. The Bertz CT molecular complexity index is 1320. The van der Waals surface area contributed by atoms with Crippen LogP contribution >= 0.6 is 10.7 Å². The highest BCUT2D eigenvalue weighted by molar-refractivity contribution is 8.13. The zero-order chi connectivity index (χ0) is 23.1. The van der Waals surface area contributed by atoms with Crippen molar-refractivity contribution in [1.29, 1.82) is 0 Å². The Morgan fingerprint density at radius 1 is 0.750 bits per heavy atom. The molecule has 0 spiro atoms. The third-order valence-electron chi connectivity index (χ3n) is 5.39. The number of hydrogen-bond acceptors (Lipinski definition) is 6. The lowest BCUT2D eigenvalue weighted by atomic mass is 10.2. The van der Waals surface area contributed by atoms with Crippen molar-refractivity contribution in [3.8, 4) is 0 Å². The van der Waals surface area contributed by atoms with E-state index >= 15 is 0 Å². The van der Waals surface area contributed by atoms with Crippen molar-refractivity contribution >= 4 is 52.9 Å². The lowest BCUT2D eigenvalue weighted by molar-refractivity contribution is -0.115. The van der Waals surface area contributed by atoms with E-state index in [0.717, 1.165) is 24.1 Å². The van der Waals surface area contributed by atoms with Gasteiger partial charge in [-0.15, -0.1) is 0 Å². The summed E-state index contributed by atoms with van der Waals surface area (Å²) in [4.78, 5) is 22.5. The first-order valence-corrected chi connectivity index (χ1v) is 13.6. The molecule has 2 amide bonds. The molecule has 0 atom stereocenters. The molecule has 0 saturated carbocycles. The van der Waals surface area contributed by atoms with Crippen LogP contribution in [0.15, 0.2) is 46.2 Å². The minimum atomic E-state index is -3.71. The summed E-state index contributed by atoms with van der Waals surface area (Å²) < 4.78 is 48.1. The van der Waals surface area contributed by atoms with E-state index in [-0.39, 0.29) is 29.6 Å². The van der Waals surface area contributed by atoms with Gasteiger partial charge in [0, 0.05) is 35.1 Å². The molecule has 3 aliphatic heterocycles. The van der Waals surface area contributed by atoms with E-state index in [9.17, 15) is 26.4 Å². The number of benzene rings is 2. The highest BCUT2D eigenvalue weighted by Crippen LogP contribution is 2.29. The molecular weight excluding hydrogens is 478 g/mol. The molecule has 2 aromatic carbocycles. The van der Waals surface area contributed by atoms with Gasteiger partial charge < -0.3 is 10.6 Å². The fourth-order valence-electron chi connectivity index (χ4n) is 3.80. The number of sulfonamides is 1. The summed E-state index contributed by atoms with van der Waals surface area (Å²) in [6, 6.07) is 9.17. The highest BCUT2D eigenvalue weighted by atomic mass is 35.7. The SMILES string of the molecule is O=C1Cc2cc(S(=O)(=O)Cl)ccc2N1.O=C1Cc2cc(S(=O)(=O)N3CCCC3)ccc2N1. The summed E-state index contributed by atoms with van der Waals surface area (Å²) in [6.07, 6.45) is 2.31. The van der Waals surface area contributed by atoms with Crippen molar-refractivity contribution in [3.63, 3.8) is 0 Å². The second-order valence-corrected chi connectivity index (χ2v) is 12.1. The molecule has 0 radical (unpaired) electrons. The molecule has 0 bridgehead atoms. The molecule has 0 aromatic heterocycles. The molecule has 5 rings (SSSR count). The maximum atomic E-state index is 12.3. The summed E-state index contributed by atoms with van der Waals surface area (Å²) in [5, 5.41) is 5.30. The number of nitrogens with zero attached hydrogens (tertiary/aromatic N) is 1. The first kappa shape index (κ1) is 22.7. The van der Waals surface area contributed by atoms with E-state index in [1.54, 1.807) is 18.2 Å². The molecule has 9 nitrogen and oxygen atoms in total. The zero-order valence-electron chi connectivity index (χ0n) is 16.8. The molecule has 3 aliphatic rings. The van der Waals surface area contributed by atoms with Gasteiger partial charge >= 0.3 is 0 Å². The minimum Gasteiger partial charge on any atom is -0.326 e. The average Bonchev–Trinajstić information content (AvgIpc) is 3.44. The number of anilines is 2. The van der Waals surface area contributed by atoms with Gasteiger partial charge in [-0.25, -0.2) is 16.8 Å². The van der Waals surface area contributed by atoms with Crippen LogP contribution in [0.5, 0.6) is 0 Å². The Morgan fingerprint density at radius 3 is 1.72 bits per heavy atom. The van der Waals surface area contributed by atoms with Crippen LogP contribution in [0.1, 0.15) is 24.0 Å². The van der Waals surface area contributed by atoms with Crippen molar-refractivity contribution in [2.75, 3.05) is 23.7 Å². The largest absolute Gasteiger partial charge is 0.326 e. The van der Waals surface area contributed by atoms with E-state index < -0.39 is 19.1 Å². The number of hydrogen-bond donors (Lipinski definition) is 2. The highest BCUT2D eigenvalue weighted by Gasteiger charge is 2.29. The standard InChI is InChI=1S/C12H14N2O3S.C8H6ClNO3S/c15-12-8-9-7-10(3-4-11(9)13-12)18(16,17)14-5-1-2-6-14;9-14(12,13)6-1-2-7-5(3-6)4-8(11)10-7/h3-4,7H,1-2,5-6,8H2,(H,13,15);1-3H,4H2,(H,10,11). The van der Waals surface area contributed by atoms with Crippen LogP contribution in [0.2, 0.25) is 0 Å². The third-order valence-corrected chi connectivity index (χ3v) is 8.63. The Hall–Kier alpha value is -2.47. The van der Waals surface area contributed by atoms with Gasteiger partial charge in [-0.05, 0) is 60.4 Å². The quantitative estimate of drug-likeness (QED) is 0.624. The monoisotopic (exact) mass is 497 g/mol. The van der Waals surface area contributed by atoms with Crippen LogP contribution in [-0.2, 0) is 41.5 Å². The number of carbonyl (C=O) groups excluding carboxylic acids is 2. The molecule has 0 unspecified atom stereocenters. The van der Waals surface area contributed by atoms with Gasteiger partial charge in [0.25, 0.3) is 9.05 Å². The Kier molecular flexibility index (Phi) is 6.01. The predicted molar refractivity (Wildman–Crippen MR) is 119 cm³/mol. The fraction of sp³-hybridized carbons (Fsp3) is 0.300. The molecule has 1 fully saturated rings. The lowest BCUT2D eigenvalue weighted by Crippen LogP contribution is -2.27. The summed E-state index contributed by atoms with van der Waals surface area (Å²) in [5.74, 6) is -0.218. The van der Waals surface area contributed by atoms with Crippen LogP contribution in [0.3, 0.4) is 0 Å². The Labute approximate surface area is 190 Å². The van der Waals surface area contributed by atoms with E-state index in [4.69, 9.17) is 10.7 Å². The van der Waals surface area contributed by atoms with Gasteiger partial charge in [-0.2, -0.15) is 4.31 Å². The minimum absolute atomic E-state index is 0.0226. The number of fused-ring (bicyclic) bond motifs is 2. The molecule has 1 saturated heterocycles. The Balaban J connectivity index is 0.000000158. The second-order valence-electron chi connectivity index (χ2n) is 7.64. The van der Waals surface area contributed by atoms with E-state index in [0.29, 0.717) is 29.2 Å². The normalized spacial score (nSPS) is 17.8.